The molecule has 0 spiro atoms. The molecule has 0 unspecified atom stereocenters. The predicted octanol–water partition coefficient (Wildman–Crippen LogP) is 2.02. The van der Waals surface area contributed by atoms with E-state index in [-0.39, 0.29) is 5.25 Å². The number of nitrogens with one attached hydrogen (secondary N) is 2. The van der Waals surface area contributed by atoms with Gasteiger partial charge in [0.2, 0.25) is 10.0 Å². The maximum atomic E-state index is 12.0. The van der Waals surface area contributed by atoms with Gasteiger partial charge in [0.15, 0.2) is 0 Å². The largest absolute Gasteiger partial charge is 0.317 e. The van der Waals surface area contributed by atoms with Crippen molar-refractivity contribution in [3.8, 4) is 0 Å². The van der Waals surface area contributed by atoms with Crippen molar-refractivity contribution in [3.05, 3.63) is 0 Å². The van der Waals surface area contributed by atoms with E-state index in [9.17, 15) is 8.42 Å². The van der Waals surface area contributed by atoms with Crippen LogP contribution in [0.1, 0.15) is 58.3 Å². The van der Waals surface area contributed by atoms with Crippen LogP contribution in [0.3, 0.4) is 0 Å². The molecule has 1 aliphatic rings. The lowest BCUT2D eigenvalue weighted by Crippen LogP contribution is -2.41. The molecule has 0 aromatic rings. The topological polar surface area (TPSA) is 58.2 Å². The lowest BCUT2D eigenvalue weighted by atomic mass is 10.1. The lowest BCUT2D eigenvalue weighted by molar-refractivity contribution is 0.488. The van der Waals surface area contributed by atoms with Crippen molar-refractivity contribution < 1.29 is 8.42 Å². The summed E-state index contributed by atoms with van der Waals surface area (Å²) in [6.45, 7) is 4.46. The zero-order valence-corrected chi connectivity index (χ0v) is 12.4. The normalized spacial score (nSPS) is 18.1. The number of sulfonamides is 1. The van der Waals surface area contributed by atoms with Crippen molar-refractivity contribution in [2.24, 2.45) is 0 Å². The van der Waals surface area contributed by atoms with Crippen molar-refractivity contribution in [1.29, 1.82) is 0 Å². The highest BCUT2D eigenvalue weighted by atomic mass is 32.2. The number of hydrogen-bond donors (Lipinski definition) is 2. The van der Waals surface area contributed by atoms with Crippen LogP contribution in [0.4, 0.5) is 0 Å². The summed E-state index contributed by atoms with van der Waals surface area (Å²) in [5, 5.41) is 3.01. The quantitative estimate of drug-likeness (QED) is 0.633. The highest BCUT2D eigenvalue weighted by molar-refractivity contribution is 7.90. The Kier molecular flexibility index (Phi) is 7.86. The summed E-state index contributed by atoms with van der Waals surface area (Å²) in [5.74, 6) is 0. The van der Waals surface area contributed by atoms with Crippen LogP contribution in [-0.4, -0.2) is 33.3 Å². The summed E-state index contributed by atoms with van der Waals surface area (Å²) in [6, 6.07) is 0. The zero-order chi connectivity index (χ0) is 13.3. The Morgan fingerprint density at radius 1 is 1.06 bits per heavy atom. The van der Waals surface area contributed by atoms with Crippen LogP contribution in [0, 0.1) is 0 Å². The molecule has 0 atom stereocenters. The van der Waals surface area contributed by atoms with Gasteiger partial charge in [-0.2, -0.15) is 0 Å². The number of piperidine rings is 1. The summed E-state index contributed by atoms with van der Waals surface area (Å²) in [7, 11) is -3.07. The smallest absolute Gasteiger partial charge is 0.214 e. The Morgan fingerprint density at radius 3 is 2.33 bits per heavy atom. The summed E-state index contributed by atoms with van der Waals surface area (Å²) >= 11 is 0. The van der Waals surface area contributed by atoms with Crippen LogP contribution in [-0.2, 0) is 10.0 Å². The third-order valence-corrected chi connectivity index (χ3v) is 5.51. The third kappa shape index (κ3) is 6.16. The van der Waals surface area contributed by atoms with Crippen LogP contribution >= 0.6 is 0 Å². The molecule has 0 aliphatic carbocycles. The molecule has 0 amide bonds. The minimum Gasteiger partial charge on any atom is -0.317 e. The van der Waals surface area contributed by atoms with E-state index in [2.05, 4.69) is 17.0 Å². The molecule has 2 N–H and O–H groups in total. The number of rotatable bonds is 9. The SMILES string of the molecule is CCCCCCCCNS(=O)(=O)C1CCNCC1. The van der Waals surface area contributed by atoms with Crippen LogP contribution in [0.15, 0.2) is 0 Å². The fourth-order valence-corrected chi connectivity index (χ4v) is 3.86. The van der Waals surface area contributed by atoms with Gasteiger partial charge in [0.25, 0.3) is 0 Å². The molecule has 0 aromatic carbocycles. The average Bonchev–Trinajstić information content (AvgIpc) is 2.39. The fraction of sp³-hybridized carbons (Fsp3) is 1.00. The molecule has 1 rings (SSSR count). The molecule has 4 nitrogen and oxygen atoms in total. The first kappa shape index (κ1) is 15.9. The summed E-state index contributed by atoms with van der Waals surface area (Å²) in [5.41, 5.74) is 0. The standard InChI is InChI=1S/C13H28N2O2S/c1-2-3-4-5-6-7-10-15-18(16,17)13-8-11-14-12-9-13/h13-15H,2-12H2,1H3. The van der Waals surface area contributed by atoms with Gasteiger partial charge in [-0.1, -0.05) is 39.0 Å². The van der Waals surface area contributed by atoms with Crippen molar-refractivity contribution in [2.45, 2.75) is 63.5 Å². The van der Waals surface area contributed by atoms with E-state index in [0.717, 1.165) is 38.8 Å². The Labute approximate surface area is 112 Å². The van der Waals surface area contributed by atoms with E-state index in [1.807, 2.05) is 0 Å². The minimum atomic E-state index is -3.07. The van der Waals surface area contributed by atoms with Gasteiger partial charge < -0.3 is 5.32 Å². The molecule has 0 radical (unpaired) electrons. The molecule has 0 bridgehead atoms. The van der Waals surface area contributed by atoms with Crippen LogP contribution < -0.4 is 10.0 Å². The molecule has 1 heterocycles. The molecule has 1 aliphatic heterocycles. The van der Waals surface area contributed by atoms with E-state index in [4.69, 9.17) is 0 Å². The van der Waals surface area contributed by atoms with Gasteiger partial charge in [-0.05, 0) is 32.4 Å². The Morgan fingerprint density at radius 2 is 1.67 bits per heavy atom. The van der Waals surface area contributed by atoms with E-state index < -0.39 is 10.0 Å². The second-order valence-electron chi connectivity index (χ2n) is 5.16. The lowest BCUT2D eigenvalue weighted by Gasteiger charge is -2.22. The average molecular weight is 276 g/mol. The van der Waals surface area contributed by atoms with Gasteiger partial charge in [0, 0.05) is 6.54 Å². The second-order valence-corrected chi connectivity index (χ2v) is 7.20. The molecule has 0 aromatic heterocycles. The van der Waals surface area contributed by atoms with Crippen LogP contribution in [0.25, 0.3) is 0 Å². The van der Waals surface area contributed by atoms with Crippen LogP contribution in [0.2, 0.25) is 0 Å². The molecule has 108 valence electrons. The molecular formula is C13H28N2O2S. The minimum absolute atomic E-state index is 0.182. The van der Waals surface area contributed by atoms with Gasteiger partial charge in [0.05, 0.1) is 5.25 Å². The maximum absolute atomic E-state index is 12.0. The summed E-state index contributed by atoms with van der Waals surface area (Å²) < 4.78 is 26.7. The Bertz CT molecular complexity index is 298. The summed E-state index contributed by atoms with van der Waals surface area (Å²) in [4.78, 5) is 0. The first-order valence-corrected chi connectivity index (χ1v) is 8.90. The fourth-order valence-electron chi connectivity index (χ4n) is 2.34. The predicted molar refractivity (Wildman–Crippen MR) is 76.2 cm³/mol. The van der Waals surface area contributed by atoms with E-state index in [1.165, 1.54) is 25.7 Å². The maximum Gasteiger partial charge on any atom is 0.214 e. The highest BCUT2D eigenvalue weighted by Crippen LogP contribution is 2.12. The van der Waals surface area contributed by atoms with Gasteiger partial charge >= 0.3 is 0 Å². The second kappa shape index (κ2) is 8.88. The molecule has 1 saturated heterocycles. The van der Waals surface area contributed by atoms with Gasteiger partial charge in [-0.25, -0.2) is 13.1 Å². The molecular weight excluding hydrogens is 248 g/mol. The summed E-state index contributed by atoms with van der Waals surface area (Å²) in [6.07, 6.45) is 8.63. The Balaban J connectivity index is 2.09. The van der Waals surface area contributed by atoms with Crippen molar-refractivity contribution in [3.63, 3.8) is 0 Å². The Hall–Kier alpha value is -0.130. The molecule has 5 heteroatoms. The number of hydrogen-bond acceptors (Lipinski definition) is 3. The zero-order valence-electron chi connectivity index (χ0n) is 11.6. The van der Waals surface area contributed by atoms with Crippen molar-refractivity contribution in [2.75, 3.05) is 19.6 Å². The van der Waals surface area contributed by atoms with Crippen molar-refractivity contribution in [1.82, 2.24) is 10.0 Å². The van der Waals surface area contributed by atoms with Crippen LogP contribution in [0.5, 0.6) is 0 Å². The molecule has 1 fully saturated rings. The monoisotopic (exact) mass is 276 g/mol. The van der Waals surface area contributed by atoms with E-state index >= 15 is 0 Å². The first-order chi connectivity index (χ1) is 8.67. The number of unbranched alkanes of at least 4 members (excludes halogenated alkanes) is 5. The highest BCUT2D eigenvalue weighted by Gasteiger charge is 2.26. The van der Waals surface area contributed by atoms with Crippen molar-refractivity contribution >= 4 is 10.0 Å². The van der Waals surface area contributed by atoms with E-state index in [1.54, 1.807) is 0 Å². The molecule has 18 heavy (non-hydrogen) atoms. The van der Waals surface area contributed by atoms with E-state index in [0.29, 0.717) is 6.54 Å². The van der Waals surface area contributed by atoms with Gasteiger partial charge in [-0.3, -0.25) is 0 Å². The molecule has 0 saturated carbocycles. The van der Waals surface area contributed by atoms with Gasteiger partial charge in [-0.15, -0.1) is 0 Å². The first-order valence-electron chi connectivity index (χ1n) is 7.36. The van der Waals surface area contributed by atoms with Gasteiger partial charge in [0.1, 0.15) is 0 Å². The third-order valence-electron chi connectivity index (χ3n) is 3.56.